The number of ether oxygens (including phenoxy) is 1. The van der Waals surface area contributed by atoms with Gasteiger partial charge < -0.3 is 9.64 Å². The number of hydrogen-bond donors (Lipinski definition) is 0. The molecule has 0 aromatic heterocycles. The van der Waals surface area contributed by atoms with Gasteiger partial charge in [0.15, 0.2) is 9.84 Å². The van der Waals surface area contributed by atoms with Gasteiger partial charge in [-0.1, -0.05) is 38.1 Å². The van der Waals surface area contributed by atoms with E-state index >= 15 is 0 Å². The monoisotopic (exact) mass is 399 g/mol. The maximum atomic E-state index is 13.2. The van der Waals surface area contributed by atoms with Gasteiger partial charge in [0.25, 0.3) is 0 Å². The maximum Gasteiger partial charge on any atom is 0.231 e. The van der Waals surface area contributed by atoms with Crippen molar-refractivity contribution in [3.63, 3.8) is 0 Å². The molecule has 3 rings (SSSR count). The number of amides is 1. The van der Waals surface area contributed by atoms with Crippen molar-refractivity contribution in [1.82, 2.24) is 0 Å². The van der Waals surface area contributed by atoms with Gasteiger partial charge in [0, 0.05) is 11.1 Å². The number of carbonyl (C=O) groups is 1. The van der Waals surface area contributed by atoms with Gasteiger partial charge in [0.05, 0.1) is 25.3 Å². The molecule has 5 nitrogen and oxygen atoms in total. The summed E-state index contributed by atoms with van der Waals surface area (Å²) in [7, 11) is -1.68. The van der Waals surface area contributed by atoms with E-state index in [4.69, 9.17) is 4.74 Å². The highest BCUT2D eigenvalue weighted by atomic mass is 32.2. The van der Waals surface area contributed by atoms with E-state index in [2.05, 4.69) is 13.8 Å². The first-order valence-corrected chi connectivity index (χ1v) is 11.0. The Hall–Kier alpha value is -2.60. The molecule has 2 aromatic rings. The SMILES string of the molecule is COc1ccc(CC(=O)N(c2ccc(C(C)C)cc2)[C@@H]2C=CS(=O)(=O)C2)cc1. The molecule has 0 saturated carbocycles. The molecule has 0 radical (unpaired) electrons. The second kappa shape index (κ2) is 8.19. The van der Waals surface area contributed by atoms with Crippen LogP contribution in [0, 0.1) is 0 Å². The second-order valence-electron chi connectivity index (χ2n) is 7.26. The van der Waals surface area contributed by atoms with Crippen molar-refractivity contribution in [2.75, 3.05) is 17.8 Å². The Morgan fingerprint density at radius 1 is 1.11 bits per heavy atom. The number of anilines is 1. The average molecular weight is 400 g/mol. The summed E-state index contributed by atoms with van der Waals surface area (Å²) < 4.78 is 29.0. The summed E-state index contributed by atoms with van der Waals surface area (Å²) in [5, 5.41) is 1.20. The van der Waals surface area contributed by atoms with E-state index in [1.807, 2.05) is 48.5 Å². The van der Waals surface area contributed by atoms with Gasteiger partial charge in [0.2, 0.25) is 5.91 Å². The molecule has 1 heterocycles. The fraction of sp³-hybridized carbons (Fsp3) is 0.318. The van der Waals surface area contributed by atoms with Crippen molar-refractivity contribution < 1.29 is 17.9 Å². The fourth-order valence-electron chi connectivity index (χ4n) is 3.26. The summed E-state index contributed by atoms with van der Waals surface area (Å²) in [6.45, 7) is 4.21. The topological polar surface area (TPSA) is 63.7 Å². The summed E-state index contributed by atoms with van der Waals surface area (Å²) in [6.07, 6.45) is 1.78. The molecule has 0 saturated heterocycles. The molecular formula is C22H25NO4S. The second-order valence-corrected chi connectivity index (χ2v) is 9.19. The van der Waals surface area contributed by atoms with Gasteiger partial charge in [-0.2, -0.15) is 0 Å². The van der Waals surface area contributed by atoms with Gasteiger partial charge in [-0.25, -0.2) is 8.42 Å². The van der Waals surface area contributed by atoms with Crippen molar-refractivity contribution in [2.24, 2.45) is 0 Å². The van der Waals surface area contributed by atoms with Crippen molar-refractivity contribution in [3.05, 3.63) is 71.1 Å². The zero-order valence-corrected chi connectivity index (χ0v) is 17.1. The molecule has 6 heteroatoms. The quantitative estimate of drug-likeness (QED) is 0.743. The number of benzene rings is 2. The van der Waals surface area contributed by atoms with Crippen molar-refractivity contribution in [3.8, 4) is 5.75 Å². The zero-order valence-electron chi connectivity index (χ0n) is 16.3. The normalized spacial score (nSPS) is 17.6. The minimum atomic E-state index is -3.28. The number of nitrogens with zero attached hydrogens (tertiary/aromatic N) is 1. The minimum Gasteiger partial charge on any atom is -0.497 e. The van der Waals surface area contributed by atoms with Crippen LogP contribution in [0.5, 0.6) is 5.75 Å². The number of rotatable bonds is 6. The summed E-state index contributed by atoms with van der Waals surface area (Å²) in [5.74, 6) is 0.869. The Morgan fingerprint density at radius 3 is 2.25 bits per heavy atom. The van der Waals surface area contributed by atoms with E-state index in [-0.39, 0.29) is 18.1 Å². The number of sulfone groups is 1. The van der Waals surface area contributed by atoms with E-state index in [0.29, 0.717) is 11.6 Å². The van der Waals surface area contributed by atoms with Crippen LogP contribution in [0.1, 0.15) is 30.9 Å². The van der Waals surface area contributed by atoms with Crippen molar-refractivity contribution >= 4 is 21.4 Å². The molecule has 28 heavy (non-hydrogen) atoms. The molecule has 0 aliphatic carbocycles. The van der Waals surface area contributed by atoms with Gasteiger partial charge >= 0.3 is 0 Å². The average Bonchev–Trinajstić information content (AvgIpc) is 3.02. The first-order valence-electron chi connectivity index (χ1n) is 9.25. The Morgan fingerprint density at radius 2 is 1.75 bits per heavy atom. The van der Waals surface area contributed by atoms with Crippen LogP contribution in [0.25, 0.3) is 0 Å². The van der Waals surface area contributed by atoms with E-state index in [0.717, 1.165) is 11.3 Å². The molecule has 1 aliphatic rings. The van der Waals surface area contributed by atoms with Gasteiger partial charge in [-0.05, 0) is 47.4 Å². The van der Waals surface area contributed by atoms with Crippen LogP contribution in [-0.2, 0) is 21.1 Å². The molecule has 0 bridgehead atoms. The molecule has 0 unspecified atom stereocenters. The van der Waals surface area contributed by atoms with E-state index in [1.165, 1.54) is 11.0 Å². The van der Waals surface area contributed by atoms with Crippen molar-refractivity contribution in [1.29, 1.82) is 0 Å². The Kier molecular flexibility index (Phi) is 5.89. The fourth-order valence-corrected chi connectivity index (χ4v) is 4.53. The molecule has 1 aliphatic heterocycles. The molecule has 0 N–H and O–H groups in total. The lowest BCUT2D eigenvalue weighted by molar-refractivity contribution is -0.118. The largest absolute Gasteiger partial charge is 0.497 e. The van der Waals surface area contributed by atoms with Gasteiger partial charge in [-0.3, -0.25) is 4.79 Å². The number of hydrogen-bond acceptors (Lipinski definition) is 4. The molecule has 0 fully saturated rings. The highest BCUT2D eigenvalue weighted by molar-refractivity contribution is 7.94. The molecular weight excluding hydrogens is 374 g/mol. The predicted octanol–water partition coefficient (Wildman–Crippen LogP) is 3.71. The lowest BCUT2D eigenvalue weighted by Crippen LogP contribution is -2.42. The van der Waals surface area contributed by atoms with Crippen LogP contribution in [-0.4, -0.2) is 33.2 Å². The van der Waals surface area contributed by atoms with Crippen LogP contribution in [0.3, 0.4) is 0 Å². The highest BCUT2D eigenvalue weighted by Crippen LogP contribution is 2.26. The van der Waals surface area contributed by atoms with Crippen LogP contribution in [0.4, 0.5) is 5.69 Å². The van der Waals surface area contributed by atoms with Crippen LogP contribution in [0.2, 0.25) is 0 Å². The third-order valence-electron chi connectivity index (χ3n) is 4.86. The molecule has 148 valence electrons. The number of methoxy groups -OCH3 is 1. The van der Waals surface area contributed by atoms with E-state index in [1.54, 1.807) is 18.1 Å². The molecule has 0 spiro atoms. The maximum absolute atomic E-state index is 13.2. The Bertz CT molecular complexity index is 961. The van der Waals surface area contributed by atoms with Crippen LogP contribution >= 0.6 is 0 Å². The van der Waals surface area contributed by atoms with Gasteiger partial charge in [-0.15, -0.1) is 0 Å². The molecule has 2 aromatic carbocycles. The third kappa shape index (κ3) is 4.62. The first kappa shape index (κ1) is 20.1. The molecule has 1 atom stereocenters. The summed E-state index contributed by atoms with van der Waals surface area (Å²) in [4.78, 5) is 14.7. The van der Waals surface area contributed by atoms with E-state index in [9.17, 15) is 13.2 Å². The van der Waals surface area contributed by atoms with Crippen LogP contribution in [0.15, 0.2) is 60.0 Å². The van der Waals surface area contributed by atoms with Crippen molar-refractivity contribution in [2.45, 2.75) is 32.2 Å². The first-order chi connectivity index (χ1) is 13.3. The lowest BCUT2D eigenvalue weighted by Gasteiger charge is -2.28. The summed E-state index contributed by atoms with van der Waals surface area (Å²) in [5.41, 5.74) is 2.72. The smallest absolute Gasteiger partial charge is 0.231 e. The summed E-state index contributed by atoms with van der Waals surface area (Å²) >= 11 is 0. The standard InChI is InChI=1S/C22H25NO4S/c1-16(2)18-6-8-19(9-7-18)23(20-12-13-28(25,26)15-20)22(24)14-17-4-10-21(27-3)11-5-17/h4-13,16,20H,14-15H2,1-3H3/t20-/m1/s1. The molecule has 1 amide bonds. The highest BCUT2D eigenvalue weighted by Gasteiger charge is 2.31. The predicted molar refractivity (Wildman–Crippen MR) is 111 cm³/mol. The van der Waals surface area contributed by atoms with E-state index < -0.39 is 15.9 Å². The Labute approximate surface area is 166 Å². The zero-order chi connectivity index (χ0) is 20.3. The Balaban J connectivity index is 1.88. The minimum absolute atomic E-state index is 0.0900. The van der Waals surface area contributed by atoms with Gasteiger partial charge in [0.1, 0.15) is 5.75 Å². The third-order valence-corrected chi connectivity index (χ3v) is 6.24. The lowest BCUT2D eigenvalue weighted by atomic mass is 10.0. The number of carbonyl (C=O) groups excluding carboxylic acids is 1. The summed E-state index contributed by atoms with van der Waals surface area (Å²) in [6, 6.07) is 14.6. The van der Waals surface area contributed by atoms with Crippen LogP contribution < -0.4 is 9.64 Å².